The predicted molar refractivity (Wildman–Crippen MR) is 97.9 cm³/mol. The predicted octanol–water partition coefficient (Wildman–Crippen LogP) is 3.15. The lowest BCUT2D eigenvalue weighted by molar-refractivity contribution is 0.309. The van der Waals surface area contributed by atoms with Gasteiger partial charge in [0, 0.05) is 37.7 Å². The van der Waals surface area contributed by atoms with Crippen molar-refractivity contribution >= 4 is 11.9 Å². The first kappa shape index (κ1) is 15.3. The molecule has 0 saturated carbocycles. The highest BCUT2D eigenvalue weighted by atomic mass is 15.2. The number of hydrogen-bond acceptors (Lipinski definition) is 4. The van der Waals surface area contributed by atoms with E-state index in [4.69, 9.17) is 0 Å². The Morgan fingerprint density at radius 2 is 2.00 bits per heavy atom. The minimum absolute atomic E-state index is 0.427. The molecule has 4 rings (SSSR count). The van der Waals surface area contributed by atoms with Crippen LogP contribution in [-0.4, -0.2) is 41.0 Å². The second-order valence-corrected chi connectivity index (χ2v) is 6.78. The maximum atomic E-state index is 4.67. The van der Waals surface area contributed by atoms with Crippen molar-refractivity contribution in [2.45, 2.75) is 31.8 Å². The monoisotopic (exact) mass is 320 g/mol. The van der Waals surface area contributed by atoms with E-state index in [9.17, 15) is 0 Å². The highest BCUT2D eigenvalue weighted by Gasteiger charge is 2.28. The average Bonchev–Trinajstić information content (AvgIpc) is 3.08. The quantitative estimate of drug-likeness (QED) is 0.870. The molecule has 1 atom stereocenters. The van der Waals surface area contributed by atoms with Crippen molar-refractivity contribution in [3.05, 3.63) is 59.6 Å². The summed E-state index contributed by atoms with van der Waals surface area (Å²) in [4.78, 5) is 14.0. The third kappa shape index (κ3) is 3.06. The second kappa shape index (κ2) is 6.73. The van der Waals surface area contributed by atoms with Gasteiger partial charge in [-0.1, -0.05) is 42.5 Å². The SMILES string of the molecule is CN1CCc2ncnc(N3CCC[C@@H]3/C=C/c3ccccc3)c2C1. The van der Waals surface area contributed by atoms with Gasteiger partial charge in [-0.2, -0.15) is 0 Å². The van der Waals surface area contributed by atoms with Crippen molar-refractivity contribution in [3.8, 4) is 0 Å². The van der Waals surface area contributed by atoms with Crippen LogP contribution >= 0.6 is 0 Å². The van der Waals surface area contributed by atoms with E-state index in [1.54, 1.807) is 6.33 Å². The summed E-state index contributed by atoms with van der Waals surface area (Å²) in [5.41, 5.74) is 3.82. The summed E-state index contributed by atoms with van der Waals surface area (Å²) in [5.74, 6) is 1.15. The highest BCUT2D eigenvalue weighted by molar-refractivity contribution is 5.55. The average molecular weight is 320 g/mol. The first-order chi connectivity index (χ1) is 11.8. The number of aromatic nitrogens is 2. The van der Waals surface area contributed by atoms with Gasteiger partial charge in [0.15, 0.2) is 0 Å². The van der Waals surface area contributed by atoms with E-state index in [1.165, 1.54) is 29.7 Å². The molecule has 2 aliphatic rings. The molecule has 0 bridgehead atoms. The van der Waals surface area contributed by atoms with Crippen LogP contribution in [-0.2, 0) is 13.0 Å². The molecule has 0 radical (unpaired) electrons. The van der Waals surface area contributed by atoms with Crippen molar-refractivity contribution in [2.24, 2.45) is 0 Å². The molecule has 2 aliphatic heterocycles. The van der Waals surface area contributed by atoms with Gasteiger partial charge in [-0.05, 0) is 25.5 Å². The zero-order valence-corrected chi connectivity index (χ0v) is 14.2. The maximum absolute atomic E-state index is 4.67. The summed E-state index contributed by atoms with van der Waals surface area (Å²) < 4.78 is 0. The van der Waals surface area contributed by atoms with Crippen LogP contribution in [0, 0.1) is 0 Å². The van der Waals surface area contributed by atoms with Crippen molar-refractivity contribution in [3.63, 3.8) is 0 Å². The Labute approximate surface area is 143 Å². The molecule has 24 heavy (non-hydrogen) atoms. The molecule has 0 amide bonds. The van der Waals surface area contributed by atoms with E-state index in [0.29, 0.717) is 6.04 Å². The fourth-order valence-electron chi connectivity index (χ4n) is 3.75. The summed E-state index contributed by atoms with van der Waals surface area (Å²) in [6, 6.07) is 11.0. The van der Waals surface area contributed by atoms with Gasteiger partial charge >= 0.3 is 0 Å². The van der Waals surface area contributed by atoms with E-state index < -0.39 is 0 Å². The molecule has 0 unspecified atom stereocenters. The Morgan fingerprint density at radius 3 is 2.88 bits per heavy atom. The molecule has 4 nitrogen and oxygen atoms in total. The van der Waals surface area contributed by atoms with Gasteiger partial charge in [0.25, 0.3) is 0 Å². The first-order valence-electron chi connectivity index (χ1n) is 8.82. The number of nitrogens with zero attached hydrogens (tertiary/aromatic N) is 4. The summed E-state index contributed by atoms with van der Waals surface area (Å²) >= 11 is 0. The molecular formula is C20H24N4. The second-order valence-electron chi connectivity index (χ2n) is 6.78. The van der Waals surface area contributed by atoms with E-state index in [0.717, 1.165) is 31.9 Å². The van der Waals surface area contributed by atoms with Gasteiger partial charge in [0.1, 0.15) is 12.1 Å². The Balaban J connectivity index is 1.61. The molecule has 1 saturated heterocycles. The molecule has 1 aromatic carbocycles. The van der Waals surface area contributed by atoms with Crippen LogP contribution in [0.15, 0.2) is 42.7 Å². The molecule has 2 aromatic rings. The third-order valence-electron chi connectivity index (χ3n) is 5.05. The van der Waals surface area contributed by atoms with Gasteiger partial charge in [-0.15, -0.1) is 0 Å². The van der Waals surface area contributed by atoms with Crippen LogP contribution in [0.25, 0.3) is 6.08 Å². The number of anilines is 1. The Morgan fingerprint density at radius 1 is 1.12 bits per heavy atom. The lowest BCUT2D eigenvalue weighted by atomic mass is 10.1. The van der Waals surface area contributed by atoms with Crippen LogP contribution in [0.5, 0.6) is 0 Å². The molecule has 3 heterocycles. The fourth-order valence-corrected chi connectivity index (χ4v) is 3.75. The fraction of sp³-hybridized carbons (Fsp3) is 0.400. The maximum Gasteiger partial charge on any atom is 0.137 e. The van der Waals surface area contributed by atoms with Gasteiger partial charge in [-0.25, -0.2) is 9.97 Å². The van der Waals surface area contributed by atoms with Crippen LogP contribution in [0.3, 0.4) is 0 Å². The largest absolute Gasteiger partial charge is 0.350 e. The van der Waals surface area contributed by atoms with Crippen molar-refractivity contribution in [1.82, 2.24) is 14.9 Å². The molecule has 1 fully saturated rings. The number of benzene rings is 1. The van der Waals surface area contributed by atoms with Gasteiger partial charge in [-0.3, -0.25) is 0 Å². The topological polar surface area (TPSA) is 32.3 Å². The number of rotatable bonds is 3. The summed E-state index contributed by atoms with van der Waals surface area (Å²) in [6.07, 6.45) is 9.76. The highest BCUT2D eigenvalue weighted by Crippen LogP contribution is 2.31. The Bertz CT molecular complexity index is 726. The molecule has 0 aliphatic carbocycles. The van der Waals surface area contributed by atoms with Gasteiger partial charge in [0.05, 0.1) is 5.69 Å². The Kier molecular flexibility index (Phi) is 4.30. The van der Waals surface area contributed by atoms with Crippen LogP contribution in [0.1, 0.15) is 29.7 Å². The van der Waals surface area contributed by atoms with Crippen molar-refractivity contribution in [1.29, 1.82) is 0 Å². The Hall–Kier alpha value is -2.20. The normalized spacial score (nSPS) is 21.4. The zero-order chi connectivity index (χ0) is 16.4. The molecule has 124 valence electrons. The van der Waals surface area contributed by atoms with E-state index in [2.05, 4.69) is 69.3 Å². The lowest BCUT2D eigenvalue weighted by Crippen LogP contribution is -2.34. The summed E-state index contributed by atoms with van der Waals surface area (Å²) in [7, 11) is 2.18. The van der Waals surface area contributed by atoms with Crippen LogP contribution in [0.2, 0.25) is 0 Å². The van der Waals surface area contributed by atoms with E-state index >= 15 is 0 Å². The van der Waals surface area contributed by atoms with Gasteiger partial charge < -0.3 is 9.80 Å². The minimum Gasteiger partial charge on any atom is -0.350 e. The van der Waals surface area contributed by atoms with Crippen molar-refractivity contribution in [2.75, 3.05) is 25.0 Å². The van der Waals surface area contributed by atoms with E-state index in [-0.39, 0.29) is 0 Å². The first-order valence-corrected chi connectivity index (χ1v) is 8.82. The summed E-state index contributed by atoms with van der Waals surface area (Å²) in [6.45, 7) is 3.12. The lowest BCUT2D eigenvalue weighted by Gasteiger charge is -2.31. The van der Waals surface area contributed by atoms with Crippen molar-refractivity contribution < 1.29 is 0 Å². The molecular weight excluding hydrogens is 296 g/mol. The summed E-state index contributed by atoms with van der Waals surface area (Å²) in [5, 5.41) is 0. The molecule has 4 heteroatoms. The zero-order valence-electron chi connectivity index (χ0n) is 14.2. The van der Waals surface area contributed by atoms with Crippen LogP contribution < -0.4 is 4.90 Å². The van der Waals surface area contributed by atoms with E-state index in [1.807, 2.05) is 0 Å². The smallest absolute Gasteiger partial charge is 0.137 e. The number of likely N-dealkylation sites (N-methyl/N-ethyl adjacent to an activating group) is 1. The standard InChI is InChI=1S/C20H24N4/c1-23-13-11-19-18(14-23)20(22-15-21-19)24-12-5-8-17(24)10-9-16-6-3-2-4-7-16/h2-4,6-7,9-10,15,17H,5,8,11-14H2,1H3/b10-9+/t17-/m1/s1. The molecule has 1 aromatic heterocycles. The third-order valence-corrected chi connectivity index (χ3v) is 5.05. The number of hydrogen-bond donors (Lipinski definition) is 0. The molecule has 0 spiro atoms. The number of fused-ring (bicyclic) bond motifs is 1. The minimum atomic E-state index is 0.427. The molecule has 0 N–H and O–H groups in total. The van der Waals surface area contributed by atoms with Crippen LogP contribution in [0.4, 0.5) is 5.82 Å². The van der Waals surface area contributed by atoms with Gasteiger partial charge in [0.2, 0.25) is 0 Å².